The van der Waals surface area contributed by atoms with Crippen molar-refractivity contribution in [2.45, 2.75) is 56.5 Å². The lowest BCUT2D eigenvalue weighted by Gasteiger charge is -2.04. The number of hydrogen-bond donors (Lipinski definition) is 2. The van der Waals surface area contributed by atoms with Crippen LogP contribution in [0, 0.1) is 0 Å². The molecule has 1 fully saturated rings. The van der Waals surface area contributed by atoms with Crippen LogP contribution in [0.4, 0.5) is 0 Å². The summed E-state index contributed by atoms with van der Waals surface area (Å²) in [6.07, 6.45) is 6.96. The van der Waals surface area contributed by atoms with E-state index in [0.717, 1.165) is 37.8 Å². The minimum atomic E-state index is -3.38. The summed E-state index contributed by atoms with van der Waals surface area (Å²) in [6.45, 7) is 2.97. The number of nitrogens with two attached hydrogens (primary N) is 1. The molecule has 1 aliphatic rings. The average molecular weight is 285 g/mol. The summed E-state index contributed by atoms with van der Waals surface area (Å²) >= 11 is 0. The van der Waals surface area contributed by atoms with Gasteiger partial charge in [0.05, 0.1) is 4.90 Å². The van der Waals surface area contributed by atoms with Gasteiger partial charge in [0.15, 0.2) is 0 Å². The molecule has 0 radical (unpaired) electrons. The fraction of sp³-hybridized carbons (Fsp3) is 0.692. The van der Waals surface area contributed by atoms with Crippen LogP contribution in [0.5, 0.6) is 0 Å². The van der Waals surface area contributed by atoms with E-state index in [4.69, 9.17) is 5.73 Å². The van der Waals surface area contributed by atoms with Crippen molar-refractivity contribution in [2.24, 2.45) is 5.73 Å². The van der Waals surface area contributed by atoms with Crippen LogP contribution in [0.3, 0.4) is 0 Å². The normalized spacial score (nSPS) is 15.9. The van der Waals surface area contributed by atoms with Crippen LogP contribution in [0.2, 0.25) is 0 Å². The highest BCUT2D eigenvalue weighted by molar-refractivity contribution is 7.89. The van der Waals surface area contributed by atoms with E-state index in [-0.39, 0.29) is 0 Å². The topological polar surface area (TPSA) is 77.1 Å². The largest absolute Gasteiger partial charge is 0.346 e. The van der Waals surface area contributed by atoms with Crippen molar-refractivity contribution in [3.8, 4) is 0 Å². The lowest BCUT2D eigenvalue weighted by atomic mass is 10.3. The number of sulfonamides is 1. The second-order valence-corrected chi connectivity index (χ2v) is 6.88. The van der Waals surface area contributed by atoms with E-state index in [2.05, 4.69) is 11.6 Å². The first-order valence-corrected chi connectivity index (χ1v) is 8.47. The quantitative estimate of drug-likeness (QED) is 0.714. The summed E-state index contributed by atoms with van der Waals surface area (Å²) in [6, 6.07) is 2.14. The zero-order valence-electron chi connectivity index (χ0n) is 11.4. The number of unbranched alkanes of at least 4 members (excludes halogenated alkanes) is 2. The zero-order chi connectivity index (χ0) is 13.9. The van der Waals surface area contributed by atoms with Crippen molar-refractivity contribution in [1.82, 2.24) is 9.29 Å². The Bertz CT molecular complexity index is 518. The van der Waals surface area contributed by atoms with Crippen LogP contribution >= 0.6 is 0 Å². The van der Waals surface area contributed by atoms with Gasteiger partial charge in [0.2, 0.25) is 10.0 Å². The van der Waals surface area contributed by atoms with Crippen molar-refractivity contribution in [3.05, 3.63) is 18.0 Å². The van der Waals surface area contributed by atoms with Gasteiger partial charge in [-0.25, -0.2) is 13.1 Å². The molecule has 5 nitrogen and oxygen atoms in total. The van der Waals surface area contributed by atoms with Crippen LogP contribution in [-0.4, -0.2) is 19.5 Å². The third kappa shape index (κ3) is 3.58. The molecule has 0 aromatic carbocycles. The van der Waals surface area contributed by atoms with Crippen molar-refractivity contribution in [2.75, 3.05) is 6.54 Å². The maximum atomic E-state index is 12.2. The van der Waals surface area contributed by atoms with Gasteiger partial charge in [-0.3, -0.25) is 0 Å². The molecular formula is C13H23N3O2S. The Kier molecular flexibility index (Phi) is 4.65. The summed E-state index contributed by atoms with van der Waals surface area (Å²) in [5.74, 6) is 0. The molecule has 3 N–H and O–H groups in total. The molecule has 1 aromatic rings. The van der Waals surface area contributed by atoms with Crippen LogP contribution in [0.1, 0.15) is 50.8 Å². The fourth-order valence-electron chi connectivity index (χ4n) is 2.16. The molecule has 19 heavy (non-hydrogen) atoms. The summed E-state index contributed by atoms with van der Waals surface area (Å²) in [4.78, 5) is 0.344. The van der Waals surface area contributed by atoms with Crippen LogP contribution < -0.4 is 10.5 Å². The third-order valence-corrected chi connectivity index (χ3v) is 4.87. The van der Waals surface area contributed by atoms with E-state index in [1.165, 1.54) is 0 Å². The number of nitrogens with zero attached hydrogens (tertiary/aromatic N) is 1. The summed E-state index contributed by atoms with van der Waals surface area (Å²) in [5, 5.41) is 0. The highest BCUT2D eigenvalue weighted by Crippen LogP contribution is 2.37. The third-order valence-electron chi connectivity index (χ3n) is 3.44. The highest BCUT2D eigenvalue weighted by atomic mass is 32.2. The predicted molar refractivity (Wildman–Crippen MR) is 75.3 cm³/mol. The smallest absolute Gasteiger partial charge is 0.242 e. The van der Waals surface area contributed by atoms with Gasteiger partial charge in [-0.2, -0.15) is 0 Å². The minimum absolute atomic E-state index is 0.344. The van der Waals surface area contributed by atoms with Crippen molar-refractivity contribution in [3.63, 3.8) is 0 Å². The Morgan fingerprint density at radius 2 is 2.16 bits per heavy atom. The van der Waals surface area contributed by atoms with Gasteiger partial charge >= 0.3 is 0 Å². The Morgan fingerprint density at radius 1 is 1.42 bits per heavy atom. The average Bonchev–Trinajstić information content (AvgIpc) is 3.13. The molecule has 0 atom stereocenters. The van der Waals surface area contributed by atoms with Crippen molar-refractivity contribution < 1.29 is 8.42 Å². The first-order valence-electron chi connectivity index (χ1n) is 6.99. The maximum Gasteiger partial charge on any atom is 0.242 e. The maximum absolute atomic E-state index is 12.2. The highest BCUT2D eigenvalue weighted by Gasteiger charge is 2.27. The molecule has 0 bridgehead atoms. The molecule has 0 spiro atoms. The lowest BCUT2D eigenvalue weighted by molar-refractivity contribution is 0.575. The standard InChI is InChI=1S/C13H23N3O2S/c1-2-3-4-7-15-19(17,18)13-8-12(9-14)16(10-13)11-5-6-11/h8,10-11,15H,2-7,9,14H2,1H3. The Balaban J connectivity index is 2.07. The van der Waals surface area contributed by atoms with E-state index in [0.29, 0.717) is 24.0 Å². The van der Waals surface area contributed by atoms with Gasteiger partial charge in [0.1, 0.15) is 0 Å². The first-order chi connectivity index (χ1) is 9.08. The molecule has 1 heterocycles. The zero-order valence-corrected chi connectivity index (χ0v) is 12.2. The molecule has 0 saturated heterocycles. The van der Waals surface area contributed by atoms with Crippen LogP contribution in [0.15, 0.2) is 17.2 Å². The van der Waals surface area contributed by atoms with Crippen molar-refractivity contribution >= 4 is 10.0 Å². The predicted octanol–water partition coefficient (Wildman–Crippen LogP) is 1.75. The monoisotopic (exact) mass is 285 g/mol. The SMILES string of the molecule is CCCCCNS(=O)(=O)c1cc(CN)n(C2CC2)c1. The van der Waals surface area contributed by atoms with Crippen LogP contribution in [0.25, 0.3) is 0 Å². The molecule has 0 unspecified atom stereocenters. The molecule has 1 saturated carbocycles. The molecule has 1 aromatic heterocycles. The first kappa shape index (κ1) is 14.6. The molecule has 6 heteroatoms. The lowest BCUT2D eigenvalue weighted by Crippen LogP contribution is -2.24. The summed E-state index contributed by atoms with van der Waals surface area (Å²) < 4.78 is 29.0. The number of nitrogens with one attached hydrogen (secondary N) is 1. The van der Waals surface area contributed by atoms with Gasteiger partial charge in [0.25, 0.3) is 0 Å². The summed E-state index contributed by atoms with van der Waals surface area (Å²) in [5.41, 5.74) is 6.58. The Morgan fingerprint density at radius 3 is 2.74 bits per heavy atom. The molecule has 108 valence electrons. The van der Waals surface area contributed by atoms with E-state index in [1.54, 1.807) is 12.3 Å². The van der Waals surface area contributed by atoms with Crippen LogP contribution in [-0.2, 0) is 16.6 Å². The van der Waals surface area contributed by atoms with E-state index >= 15 is 0 Å². The molecule has 2 rings (SSSR count). The van der Waals surface area contributed by atoms with Gasteiger partial charge in [-0.05, 0) is 25.3 Å². The van der Waals surface area contributed by atoms with Gasteiger partial charge < -0.3 is 10.3 Å². The number of hydrogen-bond acceptors (Lipinski definition) is 3. The van der Waals surface area contributed by atoms with E-state index < -0.39 is 10.0 Å². The van der Waals surface area contributed by atoms with Crippen molar-refractivity contribution in [1.29, 1.82) is 0 Å². The fourth-order valence-corrected chi connectivity index (χ4v) is 3.29. The van der Waals surface area contributed by atoms with E-state index in [1.807, 2.05) is 4.57 Å². The molecule has 0 amide bonds. The summed E-state index contributed by atoms with van der Waals surface area (Å²) in [7, 11) is -3.38. The molecular weight excluding hydrogens is 262 g/mol. The Labute approximate surface area is 115 Å². The Hall–Kier alpha value is -0.850. The van der Waals surface area contributed by atoms with E-state index in [9.17, 15) is 8.42 Å². The van der Waals surface area contributed by atoms with Gasteiger partial charge in [-0.1, -0.05) is 19.8 Å². The van der Waals surface area contributed by atoms with Gasteiger partial charge in [-0.15, -0.1) is 0 Å². The minimum Gasteiger partial charge on any atom is -0.346 e. The molecule has 0 aliphatic heterocycles. The number of rotatable bonds is 8. The second kappa shape index (κ2) is 6.07. The number of aromatic nitrogens is 1. The second-order valence-electron chi connectivity index (χ2n) is 5.11. The molecule has 1 aliphatic carbocycles. The van der Waals surface area contributed by atoms with Gasteiger partial charge in [0, 0.05) is 31.0 Å².